The van der Waals surface area contributed by atoms with E-state index in [0.29, 0.717) is 16.8 Å². The third kappa shape index (κ3) is 2.97. The number of rotatable bonds is 4. The molecule has 130 valence electrons. The van der Waals surface area contributed by atoms with E-state index in [1.165, 1.54) is 17.7 Å². The van der Waals surface area contributed by atoms with E-state index in [-0.39, 0.29) is 0 Å². The summed E-state index contributed by atoms with van der Waals surface area (Å²) < 4.78 is 12.9. The summed E-state index contributed by atoms with van der Waals surface area (Å²) in [5, 5.41) is 0.561. The lowest BCUT2D eigenvalue weighted by atomic mass is 9.89. The normalized spacial score (nSPS) is 18.3. The first-order chi connectivity index (χ1) is 12.2. The van der Waals surface area contributed by atoms with Crippen LogP contribution >= 0.6 is 0 Å². The van der Waals surface area contributed by atoms with Gasteiger partial charge >= 0.3 is 0 Å². The van der Waals surface area contributed by atoms with Crippen LogP contribution in [0.3, 0.4) is 0 Å². The second-order valence-electron chi connectivity index (χ2n) is 6.67. The van der Waals surface area contributed by atoms with Crippen LogP contribution in [0.2, 0.25) is 0 Å². The molecule has 1 aliphatic heterocycles. The van der Waals surface area contributed by atoms with E-state index in [2.05, 4.69) is 46.9 Å². The van der Waals surface area contributed by atoms with Crippen LogP contribution in [0.15, 0.2) is 47.6 Å². The quantitative estimate of drug-likeness (QED) is 0.764. The summed E-state index contributed by atoms with van der Waals surface area (Å²) in [5.41, 5.74) is 5.62. The number of nitrogens with zero attached hydrogens (tertiary/aromatic N) is 2. The maximum Gasteiger partial charge on any atom is 0.197 e. The summed E-state index contributed by atoms with van der Waals surface area (Å²) in [4.78, 5) is 10.1. The molecule has 5 heteroatoms. The van der Waals surface area contributed by atoms with Gasteiger partial charge in [0.25, 0.3) is 0 Å². The van der Waals surface area contributed by atoms with Crippen molar-refractivity contribution in [2.45, 2.75) is 37.1 Å². The highest BCUT2D eigenvalue weighted by atomic mass is 32.2. The molecule has 0 radical (unpaired) electrons. The van der Waals surface area contributed by atoms with Crippen molar-refractivity contribution in [1.82, 2.24) is 9.97 Å². The maximum absolute atomic E-state index is 12.9. The second kappa shape index (κ2) is 6.64. The van der Waals surface area contributed by atoms with Crippen LogP contribution < -0.4 is 4.90 Å². The zero-order valence-corrected chi connectivity index (χ0v) is 15.5. The molecule has 0 aliphatic carbocycles. The van der Waals surface area contributed by atoms with Crippen LogP contribution in [-0.4, -0.2) is 27.3 Å². The predicted molar refractivity (Wildman–Crippen MR) is 104 cm³/mol. The third-order valence-corrected chi connectivity index (χ3v) is 6.28. The van der Waals surface area contributed by atoms with Crippen molar-refractivity contribution in [2.75, 3.05) is 18.0 Å². The van der Waals surface area contributed by atoms with Gasteiger partial charge < -0.3 is 9.88 Å². The highest BCUT2D eigenvalue weighted by Crippen LogP contribution is 2.38. The number of aromatic nitrogens is 2. The van der Waals surface area contributed by atoms with Crippen LogP contribution in [-0.2, 0) is 16.6 Å². The summed E-state index contributed by atoms with van der Waals surface area (Å²) in [7, 11) is -1.19. The van der Waals surface area contributed by atoms with Crippen LogP contribution in [0.5, 0.6) is 0 Å². The number of fused-ring (bicyclic) bond motifs is 2. The molecule has 4 nitrogen and oxygen atoms in total. The average molecular weight is 353 g/mol. The molecule has 1 aliphatic rings. The van der Waals surface area contributed by atoms with E-state index >= 15 is 0 Å². The summed E-state index contributed by atoms with van der Waals surface area (Å²) in [6.07, 6.45) is 1.18. The number of benzene rings is 2. The molecule has 2 heterocycles. The molecular formula is C20H23N3OS. The predicted octanol–water partition coefficient (Wildman–Crippen LogP) is 4.20. The Morgan fingerprint density at radius 1 is 1.24 bits per heavy atom. The van der Waals surface area contributed by atoms with Crippen molar-refractivity contribution in [3.05, 3.63) is 53.6 Å². The lowest BCUT2D eigenvalue weighted by Crippen LogP contribution is -2.31. The van der Waals surface area contributed by atoms with Gasteiger partial charge in [0.15, 0.2) is 5.16 Å². The highest BCUT2D eigenvalue weighted by Gasteiger charge is 2.25. The maximum atomic E-state index is 12.9. The molecule has 1 N–H and O–H groups in total. The van der Waals surface area contributed by atoms with E-state index < -0.39 is 10.8 Å². The molecule has 0 saturated carbocycles. The largest absolute Gasteiger partial charge is 0.371 e. The van der Waals surface area contributed by atoms with Crippen molar-refractivity contribution in [3.8, 4) is 0 Å². The Morgan fingerprint density at radius 2 is 2.08 bits per heavy atom. The monoisotopic (exact) mass is 353 g/mol. The second-order valence-corrected chi connectivity index (χ2v) is 8.04. The van der Waals surface area contributed by atoms with Crippen molar-refractivity contribution < 1.29 is 4.21 Å². The molecule has 3 aromatic rings. The number of H-pyrrole nitrogens is 1. The van der Waals surface area contributed by atoms with Crippen LogP contribution in [0.1, 0.15) is 37.3 Å². The molecule has 2 unspecified atom stereocenters. The standard InChI is InChI=1S/C20H23N3OS/c1-3-23-12-11-14(2)16-8-6-7-15(19(16)23)13-25(24)20-21-17-9-4-5-10-18(17)22-20/h4-10,14H,3,11-13H2,1-2H3,(H,21,22). The van der Waals surface area contributed by atoms with Gasteiger partial charge in [-0.15, -0.1) is 0 Å². The van der Waals surface area contributed by atoms with Crippen molar-refractivity contribution >= 4 is 27.5 Å². The van der Waals surface area contributed by atoms with Gasteiger partial charge in [0.1, 0.15) is 0 Å². The van der Waals surface area contributed by atoms with E-state index in [9.17, 15) is 4.21 Å². The lowest BCUT2D eigenvalue weighted by molar-refractivity contribution is 0.616. The van der Waals surface area contributed by atoms with Crippen molar-refractivity contribution in [3.63, 3.8) is 0 Å². The Hall–Kier alpha value is -2.14. The number of aromatic amines is 1. The number of hydrogen-bond donors (Lipinski definition) is 1. The minimum Gasteiger partial charge on any atom is -0.371 e. The van der Waals surface area contributed by atoms with Crippen LogP contribution in [0.25, 0.3) is 11.0 Å². The van der Waals surface area contributed by atoms with Gasteiger partial charge in [0.05, 0.1) is 27.6 Å². The first-order valence-corrected chi connectivity index (χ1v) is 10.2. The number of anilines is 1. The molecule has 1 aromatic heterocycles. The Labute approximate surface area is 150 Å². The molecule has 0 spiro atoms. The smallest absolute Gasteiger partial charge is 0.197 e. The Kier molecular flexibility index (Phi) is 4.34. The summed E-state index contributed by atoms with van der Waals surface area (Å²) >= 11 is 0. The van der Waals surface area contributed by atoms with Gasteiger partial charge in [-0.25, -0.2) is 4.98 Å². The lowest BCUT2D eigenvalue weighted by Gasteiger charge is -2.35. The van der Waals surface area contributed by atoms with Crippen molar-refractivity contribution in [1.29, 1.82) is 0 Å². The number of nitrogens with one attached hydrogen (secondary N) is 1. The minimum atomic E-state index is -1.19. The Bertz CT molecular complexity index is 901. The fourth-order valence-corrected chi connectivity index (χ4v) is 4.77. The van der Waals surface area contributed by atoms with E-state index in [1.54, 1.807) is 0 Å². The molecular weight excluding hydrogens is 330 g/mol. The van der Waals surface area contributed by atoms with Gasteiger partial charge in [-0.1, -0.05) is 37.3 Å². The zero-order valence-electron chi connectivity index (χ0n) is 14.7. The fourth-order valence-electron chi connectivity index (χ4n) is 3.69. The number of hydrogen-bond acceptors (Lipinski definition) is 3. The number of imidazole rings is 1. The molecule has 4 rings (SSSR count). The van der Waals surface area contributed by atoms with E-state index in [4.69, 9.17) is 0 Å². The van der Waals surface area contributed by atoms with Gasteiger partial charge in [-0.3, -0.25) is 4.21 Å². The molecule has 0 amide bonds. The molecule has 0 fully saturated rings. The first-order valence-electron chi connectivity index (χ1n) is 8.87. The van der Waals surface area contributed by atoms with Crippen molar-refractivity contribution in [2.24, 2.45) is 0 Å². The molecule has 0 saturated heterocycles. The Morgan fingerprint density at radius 3 is 2.88 bits per heavy atom. The van der Waals surface area contributed by atoms with Gasteiger partial charge in [-0.05, 0) is 42.5 Å². The van der Waals surface area contributed by atoms with Gasteiger partial charge in [-0.2, -0.15) is 0 Å². The molecule has 2 aromatic carbocycles. The van der Waals surface area contributed by atoms with Gasteiger partial charge in [0, 0.05) is 18.8 Å². The summed E-state index contributed by atoms with van der Waals surface area (Å²) in [6, 6.07) is 14.2. The van der Waals surface area contributed by atoms with Gasteiger partial charge in [0.2, 0.25) is 0 Å². The van der Waals surface area contributed by atoms with E-state index in [1.807, 2.05) is 24.3 Å². The van der Waals surface area contributed by atoms with Crippen LogP contribution in [0.4, 0.5) is 5.69 Å². The average Bonchev–Trinajstić information content (AvgIpc) is 3.07. The summed E-state index contributed by atoms with van der Waals surface area (Å²) in [5.74, 6) is 1.05. The Balaban J connectivity index is 1.68. The zero-order chi connectivity index (χ0) is 17.4. The number of para-hydroxylation sites is 3. The fraction of sp³-hybridized carbons (Fsp3) is 0.350. The summed E-state index contributed by atoms with van der Waals surface area (Å²) in [6.45, 7) is 6.52. The van der Waals surface area contributed by atoms with E-state index in [0.717, 1.165) is 29.7 Å². The highest BCUT2D eigenvalue weighted by molar-refractivity contribution is 7.84. The molecule has 0 bridgehead atoms. The molecule has 25 heavy (non-hydrogen) atoms. The molecule has 2 atom stereocenters. The minimum absolute atomic E-state index is 0.492. The van der Waals surface area contributed by atoms with Crippen LogP contribution in [0, 0.1) is 0 Å². The topological polar surface area (TPSA) is 49.0 Å². The third-order valence-electron chi connectivity index (χ3n) is 5.08. The first kappa shape index (κ1) is 16.3. The SMILES string of the molecule is CCN1CCC(C)c2cccc(CS(=O)c3nc4ccccc4[nH]3)c21.